The van der Waals surface area contributed by atoms with E-state index in [1.54, 1.807) is 30.3 Å². The van der Waals surface area contributed by atoms with Gasteiger partial charge in [0.15, 0.2) is 6.61 Å². The van der Waals surface area contributed by atoms with Crippen LogP contribution < -0.4 is 4.74 Å². The van der Waals surface area contributed by atoms with E-state index in [9.17, 15) is 14.4 Å². The Hall–Kier alpha value is -3.66. The van der Waals surface area contributed by atoms with Gasteiger partial charge < -0.3 is 14.5 Å². The number of fused-ring (bicyclic) bond motifs is 1. The van der Waals surface area contributed by atoms with Crippen molar-refractivity contribution < 1.29 is 18.7 Å². The van der Waals surface area contributed by atoms with E-state index < -0.39 is 11.8 Å². The van der Waals surface area contributed by atoms with Gasteiger partial charge in [-0.15, -0.1) is 0 Å². The lowest BCUT2D eigenvalue weighted by Gasteiger charge is -2.08. The summed E-state index contributed by atoms with van der Waals surface area (Å²) in [6.07, 6.45) is 1.58. The lowest BCUT2D eigenvalue weighted by molar-refractivity contribution is -0.142. The van der Waals surface area contributed by atoms with E-state index in [1.165, 1.54) is 25.3 Å². The molecule has 1 N–H and O–H groups in total. The molecular weight excluding hydrogens is 337 g/mol. The maximum absolute atomic E-state index is 13.3. The smallest absolute Gasteiger partial charge is 0.343 e. The number of rotatable bonds is 5. The zero-order valence-corrected chi connectivity index (χ0v) is 13.8. The Bertz CT molecular complexity index is 1030. The molecule has 26 heavy (non-hydrogen) atoms. The molecule has 3 rings (SSSR count). The van der Waals surface area contributed by atoms with Gasteiger partial charge in [0.25, 0.3) is 0 Å². The molecule has 0 spiro atoms. The minimum absolute atomic E-state index is 0.243. The number of hydrogen-bond donors (Lipinski definition) is 1. The van der Waals surface area contributed by atoms with E-state index >= 15 is 0 Å². The first kappa shape index (κ1) is 17.2. The fourth-order valence-corrected chi connectivity index (χ4v) is 2.35. The molecule has 0 aliphatic carbocycles. The Labute approximate surface area is 148 Å². The summed E-state index contributed by atoms with van der Waals surface area (Å²) < 4.78 is 23.3. The third-order valence-electron chi connectivity index (χ3n) is 3.61. The van der Waals surface area contributed by atoms with Crippen LogP contribution in [0.3, 0.4) is 0 Å². The van der Waals surface area contributed by atoms with Crippen LogP contribution in [-0.2, 0) is 9.53 Å². The van der Waals surface area contributed by atoms with Crippen LogP contribution >= 0.6 is 0 Å². The van der Waals surface area contributed by atoms with Gasteiger partial charge in [0.1, 0.15) is 23.5 Å². The highest BCUT2D eigenvalue weighted by atomic mass is 19.1. The number of allylic oxidation sites excluding steroid dienone is 1. The van der Waals surface area contributed by atoms with Gasteiger partial charge in [0.05, 0.1) is 23.7 Å². The van der Waals surface area contributed by atoms with E-state index in [1.807, 2.05) is 0 Å². The number of esters is 1. The summed E-state index contributed by atoms with van der Waals surface area (Å²) in [5.41, 5.74) is 1.89. The van der Waals surface area contributed by atoms with Crippen molar-refractivity contribution in [2.24, 2.45) is 0 Å². The van der Waals surface area contributed by atoms with Crippen molar-refractivity contribution in [3.63, 3.8) is 0 Å². The lowest BCUT2D eigenvalue weighted by atomic mass is 10.1. The molecule has 0 amide bonds. The highest BCUT2D eigenvalue weighted by molar-refractivity contribution is 5.91. The Balaban J connectivity index is 1.96. The summed E-state index contributed by atoms with van der Waals surface area (Å²) in [7, 11) is 1.27. The first-order chi connectivity index (χ1) is 12.6. The zero-order valence-electron chi connectivity index (χ0n) is 13.8. The Morgan fingerprint density at radius 2 is 2.15 bits per heavy atom. The standard InChI is InChI=1S/C19H14FN3O3/c1-25-18(24)11-26-17-5-3-2-4-12(17)8-13(10-21)19-22-15-7-6-14(20)9-16(15)23-19/h2-9H,11H2,1H3,(H,22,23)/b13-8-. The summed E-state index contributed by atoms with van der Waals surface area (Å²) in [5.74, 6) is -0.163. The number of ether oxygens (including phenoxy) is 2. The molecule has 0 aliphatic rings. The molecule has 7 heteroatoms. The fourth-order valence-electron chi connectivity index (χ4n) is 2.35. The summed E-state index contributed by atoms with van der Waals surface area (Å²) in [6.45, 7) is -0.243. The Morgan fingerprint density at radius 3 is 2.92 bits per heavy atom. The molecule has 0 unspecified atom stereocenters. The number of benzene rings is 2. The van der Waals surface area contributed by atoms with Gasteiger partial charge in [-0.3, -0.25) is 0 Å². The Morgan fingerprint density at radius 1 is 1.35 bits per heavy atom. The molecule has 0 bridgehead atoms. The first-order valence-electron chi connectivity index (χ1n) is 7.67. The molecule has 2 aromatic carbocycles. The number of nitriles is 1. The van der Waals surface area contributed by atoms with E-state index in [4.69, 9.17) is 4.74 Å². The molecule has 1 heterocycles. The predicted molar refractivity (Wildman–Crippen MR) is 93.5 cm³/mol. The monoisotopic (exact) mass is 351 g/mol. The van der Waals surface area contributed by atoms with Crippen LogP contribution in [0.15, 0.2) is 42.5 Å². The quantitative estimate of drug-likeness (QED) is 0.563. The minimum Gasteiger partial charge on any atom is -0.481 e. The molecular formula is C19H14FN3O3. The van der Waals surface area contributed by atoms with Crippen molar-refractivity contribution in [1.29, 1.82) is 5.26 Å². The molecule has 1 aromatic heterocycles. The zero-order chi connectivity index (χ0) is 18.5. The highest BCUT2D eigenvalue weighted by Crippen LogP contribution is 2.25. The second-order valence-corrected chi connectivity index (χ2v) is 5.32. The number of imidazole rings is 1. The normalized spacial score (nSPS) is 11.2. The summed E-state index contributed by atoms with van der Waals surface area (Å²) >= 11 is 0. The summed E-state index contributed by atoms with van der Waals surface area (Å²) in [4.78, 5) is 18.5. The summed E-state index contributed by atoms with van der Waals surface area (Å²) in [5, 5.41) is 9.50. The Kier molecular flexibility index (Phi) is 4.94. The average molecular weight is 351 g/mol. The van der Waals surface area contributed by atoms with Crippen molar-refractivity contribution in [3.8, 4) is 11.8 Å². The first-order valence-corrected chi connectivity index (χ1v) is 7.67. The summed E-state index contributed by atoms with van der Waals surface area (Å²) in [6, 6.07) is 13.2. The molecule has 0 radical (unpaired) electrons. The van der Waals surface area contributed by atoms with Crippen LogP contribution in [0.1, 0.15) is 11.4 Å². The van der Waals surface area contributed by atoms with Gasteiger partial charge in [-0.1, -0.05) is 18.2 Å². The predicted octanol–water partition coefficient (Wildman–Crippen LogP) is 3.32. The van der Waals surface area contributed by atoms with Crippen molar-refractivity contribution in [1.82, 2.24) is 9.97 Å². The molecule has 130 valence electrons. The SMILES string of the molecule is COC(=O)COc1ccccc1/C=C(/C#N)c1nc2ccc(F)cc2[nH]1. The molecule has 0 aliphatic heterocycles. The van der Waals surface area contributed by atoms with Gasteiger partial charge in [-0.05, 0) is 30.3 Å². The van der Waals surface area contributed by atoms with Crippen molar-refractivity contribution in [2.45, 2.75) is 0 Å². The van der Waals surface area contributed by atoms with Gasteiger partial charge in [-0.25, -0.2) is 14.2 Å². The van der Waals surface area contributed by atoms with Crippen molar-refractivity contribution >= 4 is 28.7 Å². The average Bonchev–Trinajstić information content (AvgIpc) is 3.07. The molecule has 0 saturated heterocycles. The second kappa shape index (κ2) is 7.49. The van der Waals surface area contributed by atoms with Crippen LogP contribution in [0, 0.1) is 17.1 Å². The maximum atomic E-state index is 13.3. The number of carbonyl (C=O) groups is 1. The molecule has 6 nitrogen and oxygen atoms in total. The van der Waals surface area contributed by atoms with Gasteiger partial charge in [-0.2, -0.15) is 5.26 Å². The van der Waals surface area contributed by atoms with Gasteiger partial charge in [0, 0.05) is 5.56 Å². The second-order valence-electron chi connectivity index (χ2n) is 5.32. The number of methoxy groups -OCH3 is 1. The van der Waals surface area contributed by atoms with Crippen LogP contribution in [0.25, 0.3) is 22.7 Å². The van der Waals surface area contributed by atoms with Gasteiger partial charge >= 0.3 is 5.97 Å². The van der Waals surface area contributed by atoms with Gasteiger partial charge in [0.2, 0.25) is 0 Å². The number of H-pyrrole nitrogens is 1. The third kappa shape index (κ3) is 3.70. The maximum Gasteiger partial charge on any atom is 0.343 e. The number of nitrogens with zero attached hydrogens (tertiary/aromatic N) is 2. The highest BCUT2D eigenvalue weighted by Gasteiger charge is 2.11. The van der Waals surface area contributed by atoms with Crippen LogP contribution in [0.4, 0.5) is 4.39 Å². The number of nitrogens with one attached hydrogen (secondary N) is 1. The number of halogens is 1. The van der Waals surface area contributed by atoms with Crippen LogP contribution in [0.2, 0.25) is 0 Å². The number of hydrogen-bond acceptors (Lipinski definition) is 5. The molecule has 0 fully saturated rings. The minimum atomic E-state index is -0.511. The molecule has 0 atom stereocenters. The van der Waals surface area contributed by atoms with E-state index in [0.29, 0.717) is 28.2 Å². The largest absolute Gasteiger partial charge is 0.481 e. The number of aromatic amines is 1. The van der Waals surface area contributed by atoms with E-state index in [2.05, 4.69) is 20.8 Å². The molecule has 3 aromatic rings. The fraction of sp³-hybridized carbons (Fsp3) is 0.105. The van der Waals surface area contributed by atoms with E-state index in [-0.39, 0.29) is 12.2 Å². The van der Waals surface area contributed by atoms with Crippen molar-refractivity contribution in [2.75, 3.05) is 13.7 Å². The third-order valence-corrected chi connectivity index (χ3v) is 3.61. The number of carbonyl (C=O) groups excluding carboxylic acids is 1. The molecule has 0 saturated carbocycles. The van der Waals surface area contributed by atoms with Crippen molar-refractivity contribution in [3.05, 3.63) is 59.7 Å². The lowest BCUT2D eigenvalue weighted by Crippen LogP contribution is -2.12. The number of aromatic nitrogens is 2. The van der Waals surface area contributed by atoms with Crippen LogP contribution in [0.5, 0.6) is 5.75 Å². The number of para-hydroxylation sites is 1. The van der Waals surface area contributed by atoms with E-state index in [0.717, 1.165) is 0 Å². The van der Waals surface area contributed by atoms with Crippen LogP contribution in [-0.4, -0.2) is 29.7 Å². The topological polar surface area (TPSA) is 88.0 Å².